The van der Waals surface area contributed by atoms with Gasteiger partial charge in [-0.2, -0.15) is 5.10 Å². The zero-order valence-electron chi connectivity index (χ0n) is 16.2. The third-order valence-electron chi connectivity index (χ3n) is 4.57. The van der Waals surface area contributed by atoms with Gasteiger partial charge in [0.1, 0.15) is 0 Å². The van der Waals surface area contributed by atoms with E-state index in [0.717, 1.165) is 23.5 Å². The van der Waals surface area contributed by atoms with E-state index in [1.54, 1.807) is 13.1 Å². The molecule has 26 heavy (non-hydrogen) atoms. The van der Waals surface area contributed by atoms with Crippen LogP contribution in [0.4, 0.5) is 0 Å². The third-order valence-corrected chi connectivity index (χ3v) is 6.42. The fourth-order valence-corrected chi connectivity index (χ4v) is 4.14. The summed E-state index contributed by atoms with van der Waals surface area (Å²) in [6.45, 7) is 7.18. The van der Waals surface area contributed by atoms with Crippen molar-refractivity contribution in [3.63, 3.8) is 0 Å². The van der Waals surface area contributed by atoms with Gasteiger partial charge in [-0.05, 0) is 44.9 Å². The number of ether oxygens (including phenoxy) is 2. The average molecular weight is 381 g/mol. The maximum atomic E-state index is 12.9. The standard InChI is InChI=1S/C18H27N3O4S/c1-7-21-14(3)16(13(2)19-21)10-11-20(4)26(22,23)15-8-9-17(24-5)18(12-15)25-6/h8-9,12H,7,10-11H2,1-6H3. The van der Waals surface area contributed by atoms with Crippen molar-refractivity contribution in [2.24, 2.45) is 0 Å². The highest BCUT2D eigenvalue weighted by molar-refractivity contribution is 7.89. The van der Waals surface area contributed by atoms with Crippen molar-refractivity contribution in [3.8, 4) is 11.5 Å². The number of likely N-dealkylation sites (N-methyl/N-ethyl adjacent to an activating group) is 1. The topological polar surface area (TPSA) is 73.7 Å². The van der Waals surface area contributed by atoms with Gasteiger partial charge in [-0.15, -0.1) is 0 Å². The van der Waals surface area contributed by atoms with Gasteiger partial charge in [0.15, 0.2) is 11.5 Å². The molecule has 144 valence electrons. The molecule has 0 bridgehead atoms. The lowest BCUT2D eigenvalue weighted by molar-refractivity contribution is 0.353. The maximum Gasteiger partial charge on any atom is 0.242 e. The van der Waals surface area contributed by atoms with Crippen molar-refractivity contribution in [2.45, 2.75) is 38.6 Å². The zero-order chi connectivity index (χ0) is 19.5. The van der Waals surface area contributed by atoms with Crippen LogP contribution in [0.15, 0.2) is 23.1 Å². The number of hydrogen-bond donors (Lipinski definition) is 0. The maximum absolute atomic E-state index is 12.9. The molecule has 2 aromatic rings. The van der Waals surface area contributed by atoms with Crippen molar-refractivity contribution < 1.29 is 17.9 Å². The quantitative estimate of drug-likeness (QED) is 0.702. The van der Waals surface area contributed by atoms with Gasteiger partial charge in [0.2, 0.25) is 10.0 Å². The van der Waals surface area contributed by atoms with Crippen molar-refractivity contribution in [2.75, 3.05) is 27.8 Å². The summed E-state index contributed by atoms with van der Waals surface area (Å²) in [4.78, 5) is 0.176. The van der Waals surface area contributed by atoms with E-state index < -0.39 is 10.0 Å². The summed E-state index contributed by atoms with van der Waals surface area (Å²) >= 11 is 0. The van der Waals surface area contributed by atoms with E-state index in [0.29, 0.717) is 24.5 Å². The number of benzene rings is 1. The SMILES string of the molecule is CCn1nc(C)c(CCN(C)S(=O)(=O)c2ccc(OC)c(OC)c2)c1C. The summed E-state index contributed by atoms with van der Waals surface area (Å²) in [6.07, 6.45) is 0.612. The number of hydrogen-bond acceptors (Lipinski definition) is 5. The molecule has 0 aliphatic heterocycles. The van der Waals surface area contributed by atoms with E-state index in [-0.39, 0.29) is 4.90 Å². The number of aryl methyl sites for hydroxylation is 2. The Morgan fingerprint density at radius 1 is 1.15 bits per heavy atom. The van der Waals surface area contributed by atoms with Gasteiger partial charge in [-0.25, -0.2) is 12.7 Å². The molecule has 0 aliphatic carbocycles. The number of rotatable bonds is 8. The smallest absolute Gasteiger partial charge is 0.242 e. The lowest BCUT2D eigenvalue weighted by Gasteiger charge is -2.18. The Balaban J connectivity index is 2.21. The molecule has 0 radical (unpaired) electrons. The van der Waals surface area contributed by atoms with Crippen LogP contribution in [0.5, 0.6) is 11.5 Å². The van der Waals surface area contributed by atoms with Crippen LogP contribution in [0.1, 0.15) is 23.9 Å². The van der Waals surface area contributed by atoms with E-state index >= 15 is 0 Å². The molecule has 0 N–H and O–H groups in total. The largest absolute Gasteiger partial charge is 0.493 e. The van der Waals surface area contributed by atoms with Gasteiger partial charge < -0.3 is 9.47 Å². The molecule has 0 unspecified atom stereocenters. The summed E-state index contributed by atoms with van der Waals surface area (Å²) in [5.74, 6) is 0.880. The molecule has 0 atom stereocenters. The molecular weight excluding hydrogens is 354 g/mol. The predicted molar refractivity (Wildman–Crippen MR) is 100 cm³/mol. The first-order valence-electron chi connectivity index (χ1n) is 8.47. The summed E-state index contributed by atoms with van der Waals surface area (Å²) in [5.41, 5.74) is 3.13. The van der Waals surface area contributed by atoms with E-state index in [2.05, 4.69) is 5.10 Å². The van der Waals surface area contributed by atoms with E-state index in [9.17, 15) is 8.42 Å². The molecule has 1 aromatic carbocycles. The van der Waals surface area contributed by atoms with Crippen LogP contribution in [-0.4, -0.2) is 50.3 Å². The van der Waals surface area contributed by atoms with Gasteiger partial charge in [-0.3, -0.25) is 4.68 Å². The van der Waals surface area contributed by atoms with Crippen LogP contribution in [0, 0.1) is 13.8 Å². The Kier molecular flexibility index (Phi) is 6.30. The van der Waals surface area contributed by atoms with Gasteiger partial charge in [0.05, 0.1) is 24.8 Å². The second-order valence-electron chi connectivity index (χ2n) is 6.06. The fraction of sp³-hybridized carbons (Fsp3) is 0.500. The van der Waals surface area contributed by atoms with Gasteiger partial charge in [-0.1, -0.05) is 0 Å². The van der Waals surface area contributed by atoms with E-state index in [4.69, 9.17) is 9.47 Å². The first kappa shape index (κ1) is 20.3. The number of nitrogens with zero attached hydrogens (tertiary/aromatic N) is 3. The Hall–Kier alpha value is -2.06. The molecule has 0 saturated heterocycles. The molecule has 7 nitrogen and oxygen atoms in total. The summed E-state index contributed by atoms with van der Waals surface area (Å²) in [7, 11) is 0.958. The van der Waals surface area contributed by atoms with Crippen molar-refractivity contribution in [3.05, 3.63) is 35.2 Å². The van der Waals surface area contributed by atoms with Crippen LogP contribution >= 0.6 is 0 Å². The highest BCUT2D eigenvalue weighted by Gasteiger charge is 2.23. The second kappa shape index (κ2) is 8.09. The number of methoxy groups -OCH3 is 2. The number of sulfonamides is 1. The highest BCUT2D eigenvalue weighted by atomic mass is 32.2. The summed E-state index contributed by atoms with van der Waals surface area (Å²) in [5, 5.41) is 4.49. The minimum atomic E-state index is -3.62. The molecule has 1 heterocycles. The lowest BCUT2D eigenvalue weighted by Crippen LogP contribution is -2.29. The average Bonchev–Trinajstić information content (AvgIpc) is 2.92. The van der Waals surface area contributed by atoms with Crippen LogP contribution in [-0.2, 0) is 23.0 Å². The molecule has 0 fully saturated rings. The Bertz CT molecular complexity index is 875. The van der Waals surface area contributed by atoms with E-state index in [1.165, 1.54) is 30.7 Å². The Labute approximate surface area is 155 Å². The van der Waals surface area contributed by atoms with Crippen LogP contribution in [0.3, 0.4) is 0 Å². The van der Waals surface area contributed by atoms with Crippen molar-refractivity contribution >= 4 is 10.0 Å². The van der Waals surface area contributed by atoms with Crippen LogP contribution in [0.2, 0.25) is 0 Å². The van der Waals surface area contributed by atoms with Crippen molar-refractivity contribution in [1.82, 2.24) is 14.1 Å². The molecule has 0 amide bonds. The Morgan fingerprint density at radius 3 is 2.35 bits per heavy atom. The summed E-state index contributed by atoms with van der Waals surface area (Å²) in [6, 6.07) is 4.61. The highest BCUT2D eigenvalue weighted by Crippen LogP contribution is 2.30. The van der Waals surface area contributed by atoms with Gasteiger partial charge in [0, 0.05) is 31.9 Å². The zero-order valence-corrected chi connectivity index (χ0v) is 17.1. The number of aromatic nitrogens is 2. The molecule has 1 aromatic heterocycles. The van der Waals surface area contributed by atoms with Gasteiger partial charge >= 0.3 is 0 Å². The van der Waals surface area contributed by atoms with Crippen molar-refractivity contribution in [1.29, 1.82) is 0 Å². The summed E-state index contributed by atoms with van der Waals surface area (Å²) < 4.78 is 39.4. The monoisotopic (exact) mass is 381 g/mol. The minimum absolute atomic E-state index is 0.176. The normalized spacial score (nSPS) is 11.8. The first-order valence-corrected chi connectivity index (χ1v) is 9.91. The predicted octanol–water partition coefficient (Wildman–Crippen LogP) is 2.40. The molecule has 2 rings (SSSR count). The molecular formula is C18H27N3O4S. The van der Waals surface area contributed by atoms with Gasteiger partial charge in [0.25, 0.3) is 0 Å². The molecule has 0 aliphatic rings. The van der Waals surface area contributed by atoms with Crippen LogP contribution < -0.4 is 9.47 Å². The molecule has 8 heteroatoms. The minimum Gasteiger partial charge on any atom is -0.493 e. The third kappa shape index (κ3) is 3.86. The molecule has 0 saturated carbocycles. The first-order chi connectivity index (χ1) is 12.3. The second-order valence-corrected chi connectivity index (χ2v) is 8.10. The lowest BCUT2D eigenvalue weighted by atomic mass is 10.1. The van der Waals surface area contributed by atoms with E-state index in [1.807, 2.05) is 25.5 Å². The van der Waals surface area contributed by atoms with Crippen LogP contribution in [0.25, 0.3) is 0 Å². The fourth-order valence-electron chi connectivity index (χ4n) is 2.95. The Morgan fingerprint density at radius 2 is 1.81 bits per heavy atom. The molecule has 0 spiro atoms.